The van der Waals surface area contributed by atoms with E-state index in [2.05, 4.69) is 35.1 Å². The van der Waals surface area contributed by atoms with Gasteiger partial charge in [-0.05, 0) is 42.3 Å². The summed E-state index contributed by atoms with van der Waals surface area (Å²) in [5, 5.41) is 13.9. The molecule has 0 saturated carbocycles. The molecule has 3 heterocycles. The molecular weight excluding hydrogens is 504 g/mol. The summed E-state index contributed by atoms with van der Waals surface area (Å²) < 4.78 is 9.48. The van der Waals surface area contributed by atoms with Gasteiger partial charge in [0.15, 0.2) is 0 Å². The summed E-state index contributed by atoms with van der Waals surface area (Å²) in [6.07, 6.45) is 2.40. The van der Waals surface area contributed by atoms with Gasteiger partial charge < -0.3 is 9.64 Å². The van der Waals surface area contributed by atoms with E-state index in [0.29, 0.717) is 24.7 Å². The summed E-state index contributed by atoms with van der Waals surface area (Å²) in [4.78, 5) is 15.4. The molecule has 194 valence electrons. The summed E-state index contributed by atoms with van der Waals surface area (Å²) in [6.45, 7) is 11.4. The molecule has 4 aromatic rings. The van der Waals surface area contributed by atoms with Gasteiger partial charge in [-0.15, -0.1) is 5.10 Å². The number of aryl methyl sites for hydroxylation is 1. The van der Waals surface area contributed by atoms with Gasteiger partial charge in [0, 0.05) is 46.0 Å². The number of aromatic nitrogens is 5. The molecule has 0 spiro atoms. The number of carbonyl (C=O) groups is 1. The number of rotatable bonds is 10. The summed E-state index contributed by atoms with van der Waals surface area (Å²) in [5.41, 5.74) is 5.25. The van der Waals surface area contributed by atoms with Crippen LogP contribution in [0.15, 0.2) is 48.7 Å². The number of carbonyl (C=O) groups excluding carboxylic acids is 1. The molecular formula is C27H33ClN6O2Si. The van der Waals surface area contributed by atoms with Crippen LogP contribution in [0.4, 0.5) is 0 Å². The Labute approximate surface area is 223 Å². The molecule has 1 aliphatic heterocycles. The van der Waals surface area contributed by atoms with E-state index >= 15 is 0 Å². The quantitative estimate of drug-likeness (QED) is 0.196. The van der Waals surface area contributed by atoms with Crippen molar-refractivity contribution in [1.29, 1.82) is 0 Å². The number of halogens is 1. The van der Waals surface area contributed by atoms with E-state index in [1.807, 2.05) is 65.2 Å². The van der Waals surface area contributed by atoms with Crippen molar-refractivity contribution in [3.05, 3.63) is 76.1 Å². The lowest BCUT2D eigenvalue weighted by Crippen LogP contribution is -2.29. The van der Waals surface area contributed by atoms with Gasteiger partial charge in [0.2, 0.25) is 0 Å². The van der Waals surface area contributed by atoms with Crippen LogP contribution in [-0.2, 0) is 31.0 Å². The van der Waals surface area contributed by atoms with Gasteiger partial charge in [0.25, 0.3) is 5.91 Å². The Kier molecular flexibility index (Phi) is 7.20. The van der Waals surface area contributed by atoms with Crippen LogP contribution < -0.4 is 0 Å². The minimum absolute atomic E-state index is 0.0196. The standard InChI is InChI=1S/C27H33ClN6O2Si/c1-5-32-17-22(28)23(30-32)15-26-20-8-6-7-9-21(20)27(35)33(26)16-19-10-11-25-24(14-19)29-31-34(25)18-36-12-13-37(2,3)4/h6-11,14,17,26H,5,12-13,15-16,18H2,1-4H3. The van der Waals surface area contributed by atoms with Gasteiger partial charge in [-0.1, -0.05) is 60.7 Å². The van der Waals surface area contributed by atoms with Crippen molar-refractivity contribution in [3.8, 4) is 0 Å². The zero-order valence-electron chi connectivity index (χ0n) is 21.8. The minimum Gasteiger partial charge on any atom is -0.359 e. The molecule has 2 aromatic carbocycles. The fourth-order valence-corrected chi connectivity index (χ4v) is 5.69. The van der Waals surface area contributed by atoms with Gasteiger partial charge in [0.1, 0.15) is 12.2 Å². The summed E-state index contributed by atoms with van der Waals surface area (Å²) >= 11 is 6.50. The third-order valence-corrected chi connectivity index (χ3v) is 8.85. The molecule has 1 aliphatic rings. The van der Waals surface area contributed by atoms with Crippen LogP contribution in [0.25, 0.3) is 11.0 Å². The normalized spacial score (nSPS) is 15.6. The Morgan fingerprint density at radius 2 is 1.95 bits per heavy atom. The van der Waals surface area contributed by atoms with Gasteiger partial charge in [-0.2, -0.15) is 5.10 Å². The second-order valence-corrected chi connectivity index (χ2v) is 16.8. The lowest BCUT2D eigenvalue weighted by molar-refractivity contribution is 0.0708. The monoisotopic (exact) mass is 536 g/mol. The number of amides is 1. The van der Waals surface area contributed by atoms with Gasteiger partial charge in [0.05, 0.1) is 22.3 Å². The predicted molar refractivity (Wildman–Crippen MR) is 147 cm³/mol. The topological polar surface area (TPSA) is 78.1 Å². The zero-order valence-corrected chi connectivity index (χ0v) is 23.6. The maximum Gasteiger partial charge on any atom is 0.255 e. The molecule has 0 saturated heterocycles. The Bertz CT molecular complexity index is 1430. The van der Waals surface area contributed by atoms with Crippen LogP contribution in [-0.4, -0.2) is 50.3 Å². The number of hydrogen-bond donors (Lipinski definition) is 0. The molecule has 0 fully saturated rings. The highest BCUT2D eigenvalue weighted by Crippen LogP contribution is 2.38. The Balaban J connectivity index is 1.35. The van der Waals surface area contributed by atoms with E-state index in [1.165, 1.54) is 0 Å². The number of nitrogens with zero attached hydrogens (tertiary/aromatic N) is 6. The molecule has 1 unspecified atom stereocenters. The second kappa shape index (κ2) is 10.4. The van der Waals surface area contributed by atoms with E-state index in [4.69, 9.17) is 16.3 Å². The van der Waals surface area contributed by atoms with Crippen LogP contribution in [0.5, 0.6) is 0 Å². The third-order valence-electron chi connectivity index (χ3n) is 6.83. The average molecular weight is 537 g/mol. The molecule has 2 aromatic heterocycles. The Hall–Kier alpha value is -3.01. The van der Waals surface area contributed by atoms with Crippen LogP contribution >= 0.6 is 11.6 Å². The van der Waals surface area contributed by atoms with Crippen molar-refractivity contribution in [3.63, 3.8) is 0 Å². The maximum absolute atomic E-state index is 13.5. The number of fused-ring (bicyclic) bond motifs is 2. The van der Waals surface area contributed by atoms with Crippen LogP contribution in [0, 0.1) is 0 Å². The van der Waals surface area contributed by atoms with Crippen molar-refractivity contribution in [1.82, 2.24) is 29.7 Å². The van der Waals surface area contributed by atoms with Crippen molar-refractivity contribution < 1.29 is 9.53 Å². The molecule has 8 nitrogen and oxygen atoms in total. The molecule has 5 rings (SSSR count). The summed E-state index contributed by atoms with van der Waals surface area (Å²) in [5.74, 6) is 0.0196. The second-order valence-electron chi connectivity index (χ2n) is 10.8. The van der Waals surface area contributed by atoms with Gasteiger partial charge in [-0.25, -0.2) is 4.68 Å². The van der Waals surface area contributed by atoms with Gasteiger partial charge in [-0.3, -0.25) is 9.48 Å². The highest BCUT2D eigenvalue weighted by molar-refractivity contribution is 6.76. The first-order valence-corrected chi connectivity index (χ1v) is 16.8. The highest BCUT2D eigenvalue weighted by Gasteiger charge is 2.37. The molecule has 0 aliphatic carbocycles. The minimum atomic E-state index is -1.14. The van der Waals surface area contributed by atoms with Gasteiger partial charge >= 0.3 is 0 Å². The van der Waals surface area contributed by atoms with Crippen LogP contribution in [0.1, 0.15) is 40.1 Å². The van der Waals surface area contributed by atoms with E-state index in [9.17, 15) is 4.79 Å². The van der Waals surface area contributed by atoms with E-state index in [0.717, 1.165) is 52.6 Å². The smallest absolute Gasteiger partial charge is 0.255 e. The molecule has 0 bridgehead atoms. The summed E-state index contributed by atoms with van der Waals surface area (Å²) in [6, 6.07) is 14.8. The molecule has 37 heavy (non-hydrogen) atoms. The van der Waals surface area contributed by atoms with Crippen molar-refractivity contribution in [2.45, 2.75) is 64.9 Å². The van der Waals surface area contributed by atoms with E-state index in [-0.39, 0.29) is 11.9 Å². The lowest BCUT2D eigenvalue weighted by Gasteiger charge is -2.25. The molecule has 1 amide bonds. The fraction of sp³-hybridized carbons (Fsp3) is 0.407. The first-order chi connectivity index (χ1) is 17.7. The van der Waals surface area contributed by atoms with Crippen molar-refractivity contribution >= 4 is 36.6 Å². The third kappa shape index (κ3) is 5.49. The Morgan fingerprint density at radius 3 is 2.70 bits per heavy atom. The molecule has 10 heteroatoms. The van der Waals surface area contributed by atoms with E-state index < -0.39 is 8.07 Å². The zero-order chi connectivity index (χ0) is 26.2. The predicted octanol–water partition coefficient (Wildman–Crippen LogP) is 5.55. The fourth-order valence-electron chi connectivity index (χ4n) is 4.71. The number of hydrogen-bond acceptors (Lipinski definition) is 5. The summed E-state index contributed by atoms with van der Waals surface area (Å²) in [7, 11) is -1.14. The Morgan fingerprint density at radius 1 is 1.14 bits per heavy atom. The molecule has 0 N–H and O–H groups in total. The first kappa shape index (κ1) is 25.6. The largest absolute Gasteiger partial charge is 0.359 e. The first-order valence-electron chi connectivity index (χ1n) is 12.7. The highest BCUT2D eigenvalue weighted by atomic mass is 35.5. The van der Waals surface area contributed by atoms with Crippen molar-refractivity contribution in [2.24, 2.45) is 0 Å². The maximum atomic E-state index is 13.5. The molecule has 1 atom stereocenters. The number of benzene rings is 2. The van der Waals surface area contributed by atoms with E-state index in [1.54, 1.807) is 4.68 Å². The average Bonchev–Trinajstić information content (AvgIpc) is 3.52. The number of ether oxygens (including phenoxy) is 1. The molecule has 0 radical (unpaired) electrons. The van der Waals surface area contributed by atoms with Crippen LogP contribution in [0.2, 0.25) is 30.7 Å². The van der Waals surface area contributed by atoms with Crippen molar-refractivity contribution in [2.75, 3.05) is 6.61 Å². The van der Waals surface area contributed by atoms with Crippen LogP contribution in [0.3, 0.4) is 0 Å². The SMILES string of the molecule is CCn1cc(Cl)c(CC2c3ccccc3C(=O)N2Cc2ccc3c(c2)nnn3COCC[Si](C)(C)C)n1. The lowest BCUT2D eigenvalue weighted by atomic mass is 10.0.